The third-order valence-corrected chi connectivity index (χ3v) is 5.44. The molecule has 3 aromatic rings. The predicted molar refractivity (Wildman–Crippen MR) is 114 cm³/mol. The molecule has 7 heteroatoms. The van der Waals surface area contributed by atoms with E-state index in [1.807, 2.05) is 11.0 Å². The maximum atomic E-state index is 12.9. The molecule has 1 aliphatic heterocycles. The number of benzene rings is 2. The molecule has 148 valence electrons. The molecule has 1 aliphatic rings. The van der Waals surface area contributed by atoms with Gasteiger partial charge in [-0.05, 0) is 37.3 Å². The number of amides is 2. The molecule has 0 unspecified atom stereocenters. The number of hydrogen-bond donors (Lipinski definition) is 2. The molecule has 0 aliphatic carbocycles. The van der Waals surface area contributed by atoms with Crippen LogP contribution in [0.25, 0.3) is 22.2 Å². The monoisotopic (exact) mass is 408 g/mol. The zero-order chi connectivity index (χ0) is 20.5. The van der Waals surface area contributed by atoms with Crippen molar-refractivity contribution in [3.8, 4) is 11.3 Å². The van der Waals surface area contributed by atoms with Gasteiger partial charge >= 0.3 is 0 Å². The molecule has 0 radical (unpaired) electrons. The van der Waals surface area contributed by atoms with Crippen LogP contribution in [0, 0.1) is 0 Å². The first-order valence-electron chi connectivity index (χ1n) is 9.45. The summed E-state index contributed by atoms with van der Waals surface area (Å²) in [6.45, 7) is 4.21. The highest BCUT2D eigenvalue weighted by Gasteiger charge is 2.22. The normalized spacial score (nSPS) is 16.8. The van der Waals surface area contributed by atoms with Crippen LogP contribution < -0.4 is 11.1 Å². The smallest absolute Gasteiger partial charge is 0.254 e. The number of piperazine rings is 1. The molecule has 1 fully saturated rings. The van der Waals surface area contributed by atoms with Crippen molar-refractivity contribution >= 4 is 34.3 Å². The molecule has 3 N–H and O–H groups in total. The Morgan fingerprint density at radius 2 is 1.86 bits per heavy atom. The van der Waals surface area contributed by atoms with Gasteiger partial charge < -0.3 is 16.0 Å². The summed E-state index contributed by atoms with van der Waals surface area (Å²) in [7, 11) is 0. The van der Waals surface area contributed by atoms with Crippen LogP contribution in [0.2, 0.25) is 5.02 Å². The third-order valence-electron chi connectivity index (χ3n) is 5.13. The van der Waals surface area contributed by atoms with Crippen LogP contribution in [0.4, 0.5) is 0 Å². The van der Waals surface area contributed by atoms with Crippen LogP contribution in [0.1, 0.15) is 27.6 Å². The average molecular weight is 409 g/mol. The number of fused-ring (bicyclic) bond motifs is 1. The number of nitrogens with two attached hydrogens (primary N) is 1. The van der Waals surface area contributed by atoms with Gasteiger partial charge in [0.05, 0.1) is 16.2 Å². The first-order valence-corrected chi connectivity index (χ1v) is 9.83. The minimum absolute atomic E-state index is 0.00520. The summed E-state index contributed by atoms with van der Waals surface area (Å²) in [5.41, 5.74) is 8.45. The van der Waals surface area contributed by atoms with E-state index in [9.17, 15) is 9.59 Å². The van der Waals surface area contributed by atoms with E-state index >= 15 is 0 Å². The number of aromatic nitrogens is 1. The molecule has 6 nitrogen and oxygen atoms in total. The van der Waals surface area contributed by atoms with E-state index in [0.717, 1.165) is 17.5 Å². The summed E-state index contributed by atoms with van der Waals surface area (Å²) in [6, 6.07) is 14.3. The lowest BCUT2D eigenvalue weighted by atomic mass is 10.1. The van der Waals surface area contributed by atoms with Crippen molar-refractivity contribution in [2.75, 3.05) is 19.6 Å². The summed E-state index contributed by atoms with van der Waals surface area (Å²) in [5.74, 6) is -0.485. The number of carbonyl (C=O) groups is 2. The summed E-state index contributed by atoms with van der Waals surface area (Å²) in [5, 5.41) is 4.68. The lowest BCUT2D eigenvalue weighted by Crippen LogP contribution is -2.51. The topological polar surface area (TPSA) is 88.3 Å². The largest absolute Gasteiger partial charge is 0.366 e. The van der Waals surface area contributed by atoms with Crippen molar-refractivity contribution in [1.29, 1.82) is 0 Å². The molecule has 0 spiro atoms. The van der Waals surface area contributed by atoms with Gasteiger partial charge in [0, 0.05) is 47.8 Å². The lowest BCUT2D eigenvalue weighted by molar-refractivity contribution is 0.0709. The number of nitrogens with zero attached hydrogens (tertiary/aromatic N) is 2. The second-order valence-corrected chi connectivity index (χ2v) is 7.68. The van der Waals surface area contributed by atoms with Crippen molar-refractivity contribution < 1.29 is 9.59 Å². The van der Waals surface area contributed by atoms with Gasteiger partial charge in [-0.3, -0.25) is 9.59 Å². The van der Waals surface area contributed by atoms with Gasteiger partial charge in [0.2, 0.25) is 5.91 Å². The van der Waals surface area contributed by atoms with E-state index in [4.69, 9.17) is 22.3 Å². The number of hydrogen-bond acceptors (Lipinski definition) is 4. The highest BCUT2D eigenvalue weighted by atomic mass is 35.5. The van der Waals surface area contributed by atoms with Crippen molar-refractivity contribution in [2.24, 2.45) is 5.73 Å². The van der Waals surface area contributed by atoms with E-state index in [1.54, 1.807) is 42.5 Å². The van der Waals surface area contributed by atoms with Gasteiger partial charge in [0.15, 0.2) is 0 Å². The molecule has 2 amide bonds. The Morgan fingerprint density at radius 1 is 1.14 bits per heavy atom. The summed E-state index contributed by atoms with van der Waals surface area (Å²) in [4.78, 5) is 30.8. The van der Waals surface area contributed by atoms with Gasteiger partial charge in [-0.2, -0.15) is 0 Å². The van der Waals surface area contributed by atoms with Gasteiger partial charge in [-0.15, -0.1) is 0 Å². The van der Waals surface area contributed by atoms with E-state index in [2.05, 4.69) is 12.2 Å². The molecule has 1 aromatic heterocycles. The zero-order valence-corrected chi connectivity index (χ0v) is 16.7. The Balaban J connectivity index is 1.70. The fourth-order valence-corrected chi connectivity index (χ4v) is 3.83. The maximum Gasteiger partial charge on any atom is 0.254 e. The van der Waals surface area contributed by atoms with Gasteiger partial charge in [0.25, 0.3) is 5.91 Å². The number of rotatable bonds is 3. The first-order chi connectivity index (χ1) is 13.9. The second kappa shape index (κ2) is 7.81. The van der Waals surface area contributed by atoms with E-state index in [0.29, 0.717) is 40.4 Å². The second-order valence-electron chi connectivity index (χ2n) is 7.27. The van der Waals surface area contributed by atoms with E-state index in [-0.39, 0.29) is 11.9 Å². The van der Waals surface area contributed by atoms with E-state index < -0.39 is 5.91 Å². The first kappa shape index (κ1) is 19.4. The Labute approximate surface area is 173 Å². The Morgan fingerprint density at radius 3 is 2.55 bits per heavy atom. The van der Waals surface area contributed by atoms with Crippen LogP contribution >= 0.6 is 11.6 Å². The standard InChI is InChI=1S/C22H21ClN4O2/c1-13-12-27(9-8-25-13)22(29)16-6-7-17-18(23)11-19(26-20(17)10-16)14-2-4-15(5-3-14)21(24)28/h2-7,10-11,13,25H,8-9,12H2,1H3,(H2,24,28)/t13-/m0/s1. The molecule has 4 rings (SSSR count). The quantitative estimate of drug-likeness (QED) is 0.697. The Kier molecular flexibility index (Phi) is 5.22. The summed E-state index contributed by atoms with van der Waals surface area (Å²) in [6.07, 6.45) is 0. The third kappa shape index (κ3) is 3.95. The lowest BCUT2D eigenvalue weighted by Gasteiger charge is -2.32. The molecule has 2 heterocycles. The average Bonchev–Trinajstić information content (AvgIpc) is 2.72. The van der Waals surface area contributed by atoms with Crippen molar-refractivity contribution in [1.82, 2.24) is 15.2 Å². The molecule has 1 atom stereocenters. The van der Waals surface area contributed by atoms with Crippen LogP contribution in [0.15, 0.2) is 48.5 Å². The van der Waals surface area contributed by atoms with E-state index in [1.165, 1.54) is 0 Å². The zero-order valence-electron chi connectivity index (χ0n) is 16.0. The number of primary amides is 1. The molecular weight excluding hydrogens is 388 g/mol. The van der Waals surface area contributed by atoms with Crippen molar-refractivity contribution in [3.63, 3.8) is 0 Å². The predicted octanol–water partition coefficient (Wildman–Crippen LogP) is 3.09. The molecule has 0 bridgehead atoms. The van der Waals surface area contributed by atoms with Crippen LogP contribution in [-0.4, -0.2) is 47.4 Å². The maximum absolute atomic E-state index is 12.9. The summed E-state index contributed by atoms with van der Waals surface area (Å²) < 4.78 is 0. The van der Waals surface area contributed by atoms with Crippen LogP contribution in [0.5, 0.6) is 0 Å². The summed E-state index contributed by atoms with van der Waals surface area (Å²) >= 11 is 6.48. The highest BCUT2D eigenvalue weighted by Crippen LogP contribution is 2.29. The molecule has 1 saturated heterocycles. The minimum atomic E-state index is -0.480. The van der Waals surface area contributed by atoms with Crippen molar-refractivity contribution in [3.05, 3.63) is 64.7 Å². The number of nitrogens with one attached hydrogen (secondary N) is 1. The Bertz CT molecular complexity index is 1100. The van der Waals surface area contributed by atoms with Crippen molar-refractivity contribution in [2.45, 2.75) is 13.0 Å². The molecule has 0 saturated carbocycles. The van der Waals surface area contributed by atoms with Crippen LogP contribution in [-0.2, 0) is 0 Å². The molecule has 2 aromatic carbocycles. The van der Waals surface area contributed by atoms with Gasteiger partial charge in [-0.25, -0.2) is 4.98 Å². The highest BCUT2D eigenvalue weighted by molar-refractivity contribution is 6.35. The van der Waals surface area contributed by atoms with Crippen LogP contribution in [0.3, 0.4) is 0 Å². The number of carbonyl (C=O) groups excluding carboxylic acids is 2. The molecular formula is C22H21ClN4O2. The Hall–Kier alpha value is -2.96. The fraction of sp³-hybridized carbons (Fsp3) is 0.227. The number of pyridine rings is 1. The fourth-order valence-electron chi connectivity index (χ4n) is 3.57. The van der Waals surface area contributed by atoms with Gasteiger partial charge in [-0.1, -0.05) is 29.8 Å². The van der Waals surface area contributed by atoms with Gasteiger partial charge in [0.1, 0.15) is 0 Å². The molecule has 29 heavy (non-hydrogen) atoms. The minimum Gasteiger partial charge on any atom is -0.366 e. The number of halogens is 1. The SMILES string of the molecule is C[C@H]1CN(C(=O)c2ccc3c(Cl)cc(-c4ccc(C(N)=O)cc4)nc3c2)CCN1.